The summed E-state index contributed by atoms with van der Waals surface area (Å²) in [5.41, 5.74) is 0.648. The summed E-state index contributed by atoms with van der Waals surface area (Å²) in [6.45, 7) is 2.89. The predicted molar refractivity (Wildman–Crippen MR) is 58.5 cm³/mol. The normalized spacial score (nSPS) is 9.93. The molecule has 0 aliphatic rings. The second-order valence-corrected chi connectivity index (χ2v) is 3.32. The van der Waals surface area contributed by atoms with Crippen molar-refractivity contribution in [3.8, 4) is 5.75 Å². The van der Waals surface area contributed by atoms with E-state index in [0.717, 1.165) is 25.1 Å². The summed E-state index contributed by atoms with van der Waals surface area (Å²) in [6.07, 6.45) is 2.11. The lowest BCUT2D eigenvalue weighted by molar-refractivity contribution is 0.0694. The van der Waals surface area contributed by atoms with Gasteiger partial charge in [0, 0.05) is 12.2 Å². The zero-order valence-corrected chi connectivity index (χ0v) is 8.66. The number of nitrogens with one attached hydrogen (secondary N) is 1. The van der Waals surface area contributed by atoms with E-state index in [2.05, 4.69) is 12.2 Å². The van der Waals surface area contributed by atoms with Gasteiger partial charge in [0.1, 0.15) is 11.3 Å². The second-order valence-electron chi connectivity index (χ2n) is 3.32. The highest BCUT2D eigenvalue weighted by atomic mass is 16.4. The zero-order valence-electron chi connectivity index (χ0n) is 8.66. The maximum atomic E-state index is 10.7. The van der Waals surface area contributed by atoms with Crippen molar-refractivity contribution in [2.24, 2.45) is 0 Å². The van der Waals surface area contributed by atoms with Gasteiger partial charge in [0.25, 0.3) is 0 Å². The first-order valence-corrected chi connectivity index (χ1v) is 4.95. The van der Waals surface area contributed by atoms with Crippen molar-refractivity contribution >= 4 is 11.7 Å². The Morgan fingerprint density at radius 2 is 2.20 bits per heavy atom. The van der Waals surface area contributed by atoms with Crippen LogP contribution in [0.15, 0.2) is 18.2 Å². The predicted octanol–water partition coefficient (Wildman–Crippen LogP) is 2.30. The maximum Gasteiger partial charge on any atom is 0.339 e. The molecule has 0 aliphatic heterocycles. The highest BCUT2D eigenvalue weighted by molar-refractivity contribution is 5.91. The molecule has 15 heavy (non-hydrogen) atoms. The minimum Gasteiger partial charge on any atom is -0.507 e. The second kappa shape index (κ2) is 5.24. The summed E-state index contributed by atoms with van der Waals surface area (Å²) in [5.74, 6) is -1.32. The molecule has 4 heteroatoms. The third kappa shape index (κ3) is 3.16. The molecule has 1 aromatic rings. The Bertz CT molecular complexity index is 350. The Hall–Kier alpha value is -1.71. The number of carboxylic acids is 1. The van der Waals surface area contributed by atoms with Crippen molar-refractivity contribution < 1.29 is 15.0 Å². The van der Waals surface area contributed by atoms with Gasteiger partial charge >= 0.3 is 5.97 Å². The summed E-state index contributed by atoms with van der Waals surface area (Å²) in [5, 5.41) is 21.1. The van der Waals surface area contributed by atoms with Crippen molar-refractivity contribution in [1.29, 1.82) is 0 Å². The molecule has 0 spiro atoms. The lowest BCUT2D eigenvalue weighted by atomic mass is 10.1. The Labute approximate surface area is 88.6 Å². The van der Waals surface area contributed by atoms with Crippen LogP contribution in [-0.4, -0.2) is 22.7 Å². The molecule has 0 radical (unpaired) electrons. The van der Waals surface area contributed by atoms with Gasteiger partial charge in [-0.15, -0.1) is 0 Å². The average molecular weight is 209 g/mol. The van der Waals surface area contributed by atoms with Crippen molar-refractivity contribution in [2.45, 2.75) is 19.8 Å². The van der Waals surface area contributed by atoms with Crippen LogP contribution in [0.1, 0.15) is 30.1 Å². The molecular weight excluding hydrogens is 194 g/mol. The van der Waals surface area contributed by atoms with Gasteiger partial charge in [-0.1, -0.05) is 13.3 Å². The van der Waals surface area contributed by atoms with Crippen LogP contribution < -0.4 is 5.32 Å². The summed E-state index contributed by atoms with van der Waals surface area (Å²) in [4.78, 5) is 10.7. The van der Waals surface area contributed by atoms with Crippen molar-refractivity contribution in [2.75, 3.05) is 11.9 Å². The van der Waals surface area contributed by atoms with Crippen molar-refractivity contribution in [3.05, 3.63) is 23.8 Å². The number of phenols is 1. The molecule has 0 bridgehead atoms. The molecule has 1 rings (SSSR count). The van der Waals surface area contributed by atoms with Crippen LogP contribution in [0.5, 0.6) is 5.75 Å². The Balaban J connectivity index is 2.74. The highest BCUT2D eigenvalue weighted by Gasteiger charge is 2.09. The zero-order chi connectivity index (χ0) is 11.3. The van der Waals surface area contributed by atoms with Crippen LogP contribution in [0.4, 0.5) is 5.69 Å². The van der Waals surface area contributed by atoms with Gasteiger partial charge in [-0.3, -0.25) is 0 Å². The van der Waals surface area contributed by atoms with E-state index in [1.165, 1.54) is 12.1 Å². The first-order chi connectivity index (χ1) is 7.15. The Morgan fingerprint density at radius 1 is 1.47 bits per heavy atom. The van der Waals surface area contributed by atoms with Crippen molar-refractivity contribution in [1.82, 2.24) is 0 Å². The monoisotopic (exact) mass is 209 g/mol. The number of aromatic carboxylic acids is 1. The van der Waals surface area contributed by atoms with Gasteiger partial charge in [-0.2, -0.15) is 0 Å². The Kier molecular flexibility index (Phi) is 3.97. The van der Waals surface area contributed by atoms with Crippen molar-refractivity contribution in [3.63, 3.8) is 0 Å². The van der Waals surface area contributed by atoms with E-state index in [4.69, 9.17) is 5.11 Å². The van der Waals surface area contributed by atoms with Gasteiger partial charge in [0.2, 0.25) is 0 Å². The number of anilines is 1. The number of aromatic hydroxyl groups is 1. The fraction of sp³-hybridized carbons (Fsp3) is 0.364. The fourth-order valence-corrected chi connectivity index (χ4v) is 1.23. The van der Waals surface area contributed by atoms with Crippen LogP contribution in [-0.2, 0) is 0 Å². The lowest BCUT2D eigenvalue weighted by Gasteiger charge is -2.07. The molecule has 0 aromatic heterocycles. The number of carbonyl (C=O) groups is 1. The smallest absolute Gasteiger partial charge is 0.339 e. The standard InChI is InChI=1S/C11H15NO3/c1-2-3-6-12-8-4-5-10(13)9(7-8)11(14)15/h4-5,7,12-13H,2-3,6H2,1H3,(H,14,15). The van der Waals surface area contributed by atoms with Gasteiger partial charge < -0.3 is 15.5 Å². The number of carboxylic acid groups (broad SMARTS) is 1. The Morgan fingerprint density at radius 3 is 2.80 bits per heavy atom. The third-order valence-corrected chi connectivity index (χ3v) is 2.09. The third-order valence-electron chi connectivity index (χ3n) is 2.09. The summed E-state index contributed by atoms with van der Waals surface area (Å²) >= 11 is 0. The number of rotatable bonds is 5. The highest BCUT2D eigenvalue weighted by Crippen LogP contribution is 2.21. The minimum absolute atomic E-state index is 0.0727. The summed E-state index contributed by atoms with van der Waals surface area (Å²) in [6, 6.07) is 4.49. The SMILES string of the molecule is CCCCNc1ccc(O)c(C(=O)O)c1. The van der Waals surface area contributed by atoms with Gasteiger partial charge in [-0.05, 0) is 24.6 Å². The number of unbranched alkanes of at least 4 members (excludes halogenated alkanes) is 1. The quantitative estimate of drug-likeness (QED) is 0.514. The number of hydrogen-bond donors (Lipinski definition) is 3. The molecule has 0 atom stereocenters. The van der Waals surface area contributed by atoms with Gasteiger partial charge in [-0.25, -0.2) is 4.79 Å². The largest absolute Gasteiger partial charge is 0.507 e. The van der Waals surface area contributed by atoms with E-state index >= 15 is 0 Å². The lowest BCUT2D eigenvalue weighted by Crippen LogP contribution is -2.03. The van der Waals surface area contributed by atoms with E-state index < -0.39 is 5.97 Å². The molecule has 82 valence electrons. The molecule has 0 fully saturated rings. The van der Waals surface area contributed by atoms with E-state index in [0.29, 0.717) is 0 Å². The van der Waals surface area contributed by atoms with Crippen LogP contribution in [0.3, 0.4) is 0 Å². The summed E-state index contributed by atoms with van der Waals surface area (Å²) in [7, 11) is 0. The number of hydrogen-bond acceptors (Lipinski definition) is 3. The van der Waals surface area contributed by atoms with E-state index in [-0.39, 0.29) is 11.3 Å². The molecule has 1 aromatic carbocycles. The van der Waals surface area contributed by atoms with Gasteiger partial charge in [0.15, 0.2) is 0 Å². The molecule has 0 saturated heterocycles. The molecule has 0 unspecified atom stereocenters. The molecular formula is C11H15NO3. The van der Waals surface area contributed by atoms with E-state index in [9.17, 15) is 9.90 Å². The average Bonchev–Trinajstić information content (AvgIpc) is 2.20. The number of benzene rings is 1. The van der Waals surface area contributed by atoms with Crippen LogP contribution in [0, 0.1) is 0 Å². The fourth-order valence-electron chi connectivity index (χ4n) is 1.23. The molecule has 0 saturated carbocycles. The first kappa shape index (κ1) is 11.4. The molecule has 0 aliphatic carbocycles. The first-order valence-electron chi connectivity index (χ1n) is 4.95. The minimum atomic E-state index is -1.12. The van der Waals surface area contributed by atoms with Crippen LogP contribution in [0.25, 0.3) is 0 Å². The van der Waals surface area contributed by atoms with Crippen LogP contribution >= 0.6 is 0 Å². The molecule has 0 amide bonds. The molecule has 0 heterocycles. The molecule has 4 nitrogen and oxygen atoms in total. The maximum absolute atomic E-state index is 10.7. The van der Waals surface area contributed by atoms with E-state index in [1.54, 1.807) is 6.07 Å². The molecule has 3 N–H and O–H groups in total. The van der Waals surface area contributed by atoms with Crippen LogP contribution in [0.2, 0.25) is 0 Å². The summed E-state index contributed by atoms with van der Waals surface area (Å²) < 4.78 is 0. The topological polar surface area (TPSA) is 69.6 Å². The van der Waals surface area contributed by atoms with E-state index in [1.807, 2.05) is 0 Å². The van der Waals surface area contributed by atoms with Gasteiger partial charge in [0.05, 0.1) is 0 Å².